The number of pyridine rings is 1. The van der Waals surface area contributed by atoms with Crippen LogP contribution in [0.5, 0.6) is 5.75 Å². The van der Waals surface area contributed by atoms with Gasteiger partial charge in [-0.3, -0.25) is 9.78 Å². The number of rotatable bonds is 4. The highest BCUT2D eigenvalue weighted by atomic mass is 19.4. The molecule has 124 valence electrons. The summed E-state index contributed by atoms with van der Waals surface area (Å²) < 4.78 is 40.3. The summed E-state index contributed by atoms with van der Waals surface area (Å²) in [6.07, 6.45) is -2.13. The molecule has 3 aromatic rings. The molecule has 0 spiro atoms. The molecule has 1 atom stereocenters. The number of carbonyl (C=O) groups excluding carboxylic acids is 1. The van der Waals surface area contributed by atoms with Crippen LogP contribution in [-0.4, -0.2) is 22.2 Å². The van der Waals surface area contributed by atoms with E-state index < -0.39 is 23.9 Å². The summed E-state index contributed by atoms with van der Waals surface area (Å²) in [5, 5.41) is 0.885. The number of carbonyl (C=O) groups is 1. The molecule has 0 aliphatic carbocycles. The number of primary amides is 1. The van der Waals surface area contributed by atoms with Crippen LogP contribution in [0.3, 0.4) is 0 Å². The van der Waals surface area contributed by atoms with E-state index in [2.05, 4.69) is 14.7 Å². The molecule has 0 bridgehead atoms. The third kappa shape index (κ3) is 3.32. The maximum absolute atomic E-state index is 12.2. The molecule has 8 heteroatoms. The van der Waals surface area contributed by atoms with Crippen molar-refractivity contribution in [2.75, 3.05) is 0 Å². The van der Waals surface area contributed by atoms with Crippen LogP contribution in [-0.2, 0) is 4.79 Å². The van der Waals surface area contributed by atoms with Crippen molar-refractivity contribution in [3.8, 4) is 5.75 Å². The van der Waals surface area contributed by atoms with Gasteiger partial charge < -0.3 is 15.5 Å². The molecule has 0 saturated heterocycles. The molecule has 1 amide bonds. The van der Waals surface area contributed by atoms with Crippen LogP contribution in [0.4, 0.5) is 13.2 Å². The maximum Gasteiger partial charge on any atom is 0.573 e. The zero-order valence-electron chi connectivity index (χ0n) is 12.2. The molecule has 0 aliphatic rings. The Morgan fingerprint density at radius 3 is 2.62 bits per heavy atom. The Hall–Kier alpha value is -3.03. The minimum atomic E-state index is -4.80. The van der Waals surface area contributed by atoms with Gasteiger partial charge in [0.05, 0.1) is 11.9 Å². The van der Waals surface area contributed by atoms with Gasteiger partial charge in [-0.2, -0.15) is 0 Å². The van der Waals surface area contributed by atoms with Crippen molar-refractivity contribution >= 4 is 16.8 Å². The van der Waals surface area contributed by atoms with Crippen molar-refractivity contribution in [3.63, 3.8) is 0 Å². The van der Waals surface area contributed by atoms with Crippen molar-refractivity contribution in [1.29, 1.82) is 0 Å². The lowest BCUT2D eigenvalue weighted by atomic mass is 9.93. The number of ether oxygens (including phenoxy) is 1. The van der Waals surface area contributed by atoms with E-state index in [1.807, 2.05) is 6.07 Å². The van der Waals surface area contributed by atoms with E-state index in [4.69, 9.17) is 5.73 Å². The van der Waals surface area contributed by atoms with Crippen LogP contribution in [0, 0.1) is 0 Å². The van der Waals surface area contributed by atoms with Gasteiger partial charge in [0, 0.05) is 11.7 Å². The average Bonchev–Trinajstić information content (AvgIpc) is 2.95. The molecule has 1 unspecified atom stereocenters. The molecular formula is C16H12F3N3O2. The van der Waals surface area contributed by atoms with Crippen molar-refractivity contribution in [2.45, 2.75) is 12.3 Å². The molecule has 2 heterocycles. The molecule has 24 heavy (non-hydrogen) atoms. The zero-order chi connectivity index (χ0) is 17.3. The Labute approximate surface area is 134 Å². The zero-order valence-corrected chi connectivity index (χ0v) is 12.2. The van der Waals surface area contributed by atoms with Crippen LogP contribution in [0.2, 0.25) is 0 Å². The third-order valence-electron chi connectivity index (χ3n) is 3.48. The fourth-order valence-corrected chi connectivity index (χ4v) is 2.49. The first-order chi connectivity index (χ1) is 11.3. The van der Waals surface area contributed by atoms with E-state index in [1.165, 1.54) is 6.07 Å². The van der Waals surface area contributed by atoms with Gasteiger partial charge in [-0.05, 0) is 41.3 Å². The SMILES string of the molecule is NC(=O)C(c1ccc2[nH]ccc2c1)c1ccc(OC(F)(F)F)cn1. The summed E-state index contributed by atoms with van der Waals surface area (Å²) in [6, 6.07) is 9.52. The van der Waals surface area contributed by atoms with E-state index in [0.29, 0.717) is 5.56 Å². The van der Waals surface area contributed by atoms with Gasteiger partial charge in [0.25, 0.3) is 0 Å². The van der Waals surface area contributed by atoms with E-state index in [-0.39, 0.29) is 5.69 Å². The number of aromatic nitrogens is 2. The summed E-state index contributed by atoms with van der Waals surface area (Å²) in [7, 11) is 0. The lowest BCUT2D eigenvalue weighted by molar-refractivity contribution is -0.274. The van der Waals surface area contributed by atoms with Gasteiger partial charge in [-0.15, -0.1) is 13.2 Å². The Morgan fingerprint density at radius 1 is 1.21 bits per heavy atom. The molecule has 3 N–H and O–H groups in total. The first-order valence-electron chi connectivity index (χ1n) is 6.91. The number of amides is 1. The van der Waals surface area contributed by atoms with Gasteiger partial charge in [-0.1, -0.05) is 6.07 Å². The third-order valence-corrected chi connectivity index (χ3v) is 3.48. The minimum Gasteiger partial charge on any atom is -0.404 e. The summed E-state index contributed by atoms with van der Waals surface area (Å²) in [5.74, 6) is -1.98. The van der Waals surface area contributed by atoms with Gasteiger partial charge >= 0.3 is 6.36 Å². The van der Waals surface area contributed by atoms with E-state index in [9.17, 15) is 18.0 Å². The largest absolute Gasteiger partial charge is 0.573 e. The second-order valence-electron chi connectivity index (χ2n) is 5.13. The van der Waals surface area contributed by atoms with Crippen molar-refractivity contribution in [3.05, 3.63) is 60.0 Å². The molecule has 0 saturated carbocycles. The predicted octanol–water partition coefficient (Wildman–Crippen LogP) is 3.08. The maximum atomic E-state index is 12.2. The Balaban J connectivity index is 1.94. The normalized spacial score (nSPS) is 13.0. The van der Waals surface area contributed by atoms with Gasteiger partial charge in [0.1, 0.15) is 11.7 Å². The quantitative estimate of drug-likeness (QED) is 0.769. The number of fused-ring (bicyclic) bond motifs is 1. The number of aromatic amines is 1. The number of benzene rings is 1. The summed E-state index contributed by atoms with van der Waals surface area (Å²) in [4.78, 5) is 18.8. The number of nitrogens with two attached hydrogens (primary N) is 1. The number of alkyl halides is 3. The second-order valence-corrected chi connectivity index (χ2v) is 5.13. The second kappa shape index (κ2) is 5.88. The van der Waals surface area contributed by atoms with Crippen molar-refractivity contribution < 1.29 is 22.7 Å². The average molecular weight is 335 g/mol. The topological polar surface area (TPSA) is 81.0 Å². The van der Waals surface area contributed by atoms with Crippen LogP contribution >= 0.6 is 0 Å². The van der Waals surface area contributed by atoms with Crippen molar-refractivity contribution in [2.24, 2.45) is 5.73 Å². The highest BCUT2D eigenvalue weighted by molar-refractivity contribution is 5.88. The van der Waals surface area contributed by atoms with Gasteiger partial charge in [0.2, 0.25) is 5.91 Å². The van der Waals surface area contributed by atoms with Gasteiger partial charge in [-0.25, -0.2) is 0 Å². The number of H-pyrrole nitrogens is 1. The van der Waals surface area contributed by atoms with Crippen LogP contribution < -0.4 is 10.5 Å². The Kier molecular flexibility index (Phi) is 3.88. The highest BCUT2D eigenvalue weighted by Gasteiger charge is 2.31. The van der Waals surface area contributed by atoms with Crippen molar-refractivity contribution in [1.82, 2.24) is 9.97 Å². The molecule has 0 fully saturated rings. The molecular weight excluding hydrogens is 323 g/mol. The van der Waals surface area contributed by atoms with E-state index in [0.717, 1.165) is 23.2 Å². The number of hydrogen-bond acceptors (Lipinski definition) is 3. The van der Waals surface area contributed by atoms with Crippen LogP contribution in [0.25, 0.3) is 10.9 Å². The highest BCUT2D eigenvalue weighted by Crippen LogP contribution is 2.28. The number of nitrogens with one attached hydrogen (secondary N) is 1. The molecule has 2 aromatic heterocycles. The van der Waals surface area contributed by atoms with E-state index in [1.54, 1.807) is 24.4 Å². The molecule has 0 radical (unpaired) electrons. The van der Waals surface area contributed by atoms with E-state index >= 15 is 0 Å². The molecule has 1 aromatic carbocycles. The Morgan fingerprint density at radius 2 is 2.00 bits per heavy atom. The number of hydrogen-bond donors (Lipinski definition) is 2. The first-order valence-corrected chi connectivity index (χ1v) is 6.91. The number of nitrogens with zero attached hydrogens (tertiary/aromatic N) is 1. The lowest BCUT2D eigenvalue weighted by Crippen LogP contribution is -2.23. The first kappa shape index (κ1) is 15.9. The standard InChI is InChI=1S/C16H12F3N3O2/c17-16(18,19)24-11-2-4-13(22-8-11)14(15(20)23)10-1-3-12-9(7-10)5-6-21-12/h1-8,14,21H,(H2,20,23). The number of halogens is 3. The fourth-order valence-electron chi connectivity index (χ4n) is 2.49. The smallest absolute Gasteiger partial charge is 0.404 e. The van der Waals surface area contributed by atoms with Crippen LogP contribution in [0.15, 0.2) is 48.8 Å². The predicted molar refractivity (Wildman–Crippen MR) is 80.3 cm³/mol. The van der Waals surface area contributed by atoms with Crippen LogP contribution in [0.1, 0.15) is 17.2 Å². The minimum absolute atomic E-state index is 0.243. The molecule has 5 nitrogen and oxygen atoms in total. The fraction of sp³-hybridized carbons (Fsp3) is 0.125. The summed E-state index contributed by atoms with van der Waals surface area (Å²) in [6.45, 7) is 0. The van der Waals surface area contributed by atoms with Gasteiger partial charge in [0.15, 0.2) is 0 Å². The monoisotopic (exact) mass is 335 g/mol. The molecule has 3 rings (SSSR count). The molecule has 0 aliphatic heterocycles. The Bertz CT molecular complexity index is 872. The summed E-state index contributed by atoms with van der Waals surface area (Å²) >= 11 is 0. The summed E-state index contributed by atoms with van der Waals surface area (Å²) in [5.41, 5.74) is 7.20. The lowest BCUT2D eigenvalue weighted by Gasteiger charge is -2.15.